The summed E-state index contributed by atoms with van der Waals surface area (Å²) in [6.45, 7) is 1.67. The number of hydrogen-bond acceptors (Lipinski definition) is 3. The van der Waals surface area contributed by atoms with E-state index in [-0.39, 0.29) is 5.43 Å². The molecule has 94 valence electrons. The Hall–Kier alpha value is -1.49. The number of alkyl halides is 1. The number of halogens is 1. The van der Waals surface area contributed by atoms with Gasteiger partial charge < -0.3 is 14.8 Å². The van der Waals surface area contributed by atoms with Crippen LogP contribution in [0.1, 0.15) is 6.42 Å². The van der Waals surface area contributed by atoms with Crippen molar-refractivity contribution in [2.24, 2.45) is 0 Å². The predicted octanol–water partition coefficient (Wildman–Crippen LogP) is 2.20. The monoisotopic (exact) mass is 307 g/mol. The van der Waals surface area contributed by atoms with Crippen molar-refractivity contribution < 1.29 is 0 Å². The van der Waals surface area contributed by atoms with Crippen molar-refractivity contribution in [3.8, 4) is 0 Å². The molecule has 0 spiro atoms. The number of aromatic nitrogens is 1. The van der Waals surface area contributed by atoms with Gasteiger partial charge in [-0.2, -0.15) is 0 Å². The Morgan fingerprint density at radius 2 is 2.33 bits per heavy atom. The molecule has 1 aromatic rings. The van der Waals surface area contributed by atoms with Gasteiger partial charge in [0.1, 0.15) is 11.5 Å². The minimum Gasteiger partial charge on any atom is -0.346 e. The first-order valence-electron chi connectivity index (χ1n) is 6.01. The fraction of sp³-hybridized carbons (Fsp3) is 0.308. The summed E-state index contributed by atoms with van der Waals surface area (Å²) in [6, 6.07) is 1.59. The molecule has 0 aromatic carbocycles. The van der Waals surface area contributed by atoms with Crippen LogP contribution in [0.4, 0.5) is 11.5 Å². The highest BCUT2D eigenvalue weighted by Crippen LogP contribution is 2.34. The fourth-order valence-electron chi connectivity index (χ4n) is 2.38. The maximum atomic E-state index is 12.1. The van der Waals surface area contributed by atoms with Gasteiger partial charge in [-0.05, 0) is 12.5 Å². The molecule has 2 aliphatic heterocycles. The second-order valence-corrected chi connectivity index (χ2v) is 5.14. The highest BCUT2D eigenvalue weighted by atomic mass is 79.9. The lowest BCUT2D eigenvalue weighted by molar-refractivity contribution is 0.855. The molecule has 4 nitrogen and oxygen atoms in total. The highest BCUT2D eigenvalue weighted by molar-refractivity contribution is 9.09. The van der Waals surface area contributed by atoms with E-state index in [0.717, 1.165) is 42.0 Å². The van der Waals surface area contributed by atoms with Gasteiger partial charge in [0, 0.05) is 36.9 Å². The molecule has 1 N–H and O–H groups in total. The van der Waals surface area contributed by atoms with Crippen LogP contribution in [0.25, 0.3) is 0 Å². The van der Waals surface area contributed by atoms with E-state index in [1.165, 1.54) is 0 Å². The van der Waals surface area contributed by atoms with Crippen LogP contribution in [0.5, 0.6) is 0 Å². The number of anilines is 2. The topological polar surface area (TPSA) is 39.3 Å². The molecule has 0 atom stereocenters. The molecule has 0 fully saturated rings. The third-order valence-corrected chi connectivity index (χ3v) is 3.74. The molecule has 0 radical (unpaired) electrons. The van der Waals surface area contributed by atoms with E-state index in [1.807, 2.05) is 0 Å². The third kappa shape index (κ3) is 1.79. The summed E-state index contributed by atoms with van der Waals surface area (Å²) in [6.07, 6.45) is 8.97. The summed E-state index contributed by atoms with van der Waals surface area (Å²) < 4.78 is 0. The Morgan fingerprint density at radius 1 is 1.44 bits per heavy atom. The molecule has 18 heavy (non-hydrogen) atoms. The van der Waals surface area contributed by atoms with Crippen LogP contribution < -0.4 is 15.2 Å². The molecule has 0 unspecified atom stereocenters. The maximum Gasteiger partial charge on any atom is 0.207 e. The molecule has 0 amide bonds. The van der Waals surface area contributed by atoms with Crippen LogP contribution in [0.3, 0.4) is 0 Å². The fourth-order valence-corrected chi connectivity index (χ4v) is 2.63. The molecule has 0 saturated heterocycles. The molecule has 1 aromatic heterocycles. The van der Waals surface area contributed by atoms with Crippen molar-refractivity contribution in [2.75, 3.05) is 28.2 Å². The second kappa shape index (κ2) is 4.65. The van der Waals surface area contributed by atoms with E-state index in [4.69, 9.17) is 0 Å². The SMILES string of the molecule is O=c1cc[nH]c2c1N(CCCBr)C=C1C=CCN12. The molecule has 5 heteroatoms. The average molecular weight is 308 g/mol. The first-order valence-corrected chi connectivity index (χ1v) is 7.13. The number of allylic oxidation sites excluding steroid dienone is 1. The van der Waals surface area contributed by atoms with Crippen molar-refractivity contribution in [3.05, 3.63) is 46.5 Å². The molecule has 2 aliphatic rings. The van der Waals surface area contributed by atoms with Crippen molar-refractivity contribution in [1.82, 2.24) is 4.98 Å². The summed E-state index contributed by atoms with van der Waals surface area (Å²) >= 11 is 3.43. The predicted molar refractivity (Wildman–Crippen MR) is 77.4 cm³/mol. The van der Waals surface area contributed by atoms with Gasteiger partial charge in [0.25, 0.3) is 0 Å². The van der Waals surface area contributed by atoms with Crippen molar-refractivity contribution in [2.45, 2.75) is 6.42 Å². The van der Waals surface area contributed by atoms with E-state index >= 15 is 0 Å². The molecular weight excluding hydrogens is 294 g/mol. The molecule has 0 saturated carbocycles. The minimum atomic E-state index is 0.0699. The number of H-pyrrole nitrogens is 1. The van der Waals surface area contributed by atoms with E-state index < -0.39 is 0 Å². The number of fused-ring (bicyclic) bond motifs is 3. The van der Waals surface area contributed by atoms with Crippen molar-refractivity contribution in [3.63, 3.8) is 0 Å². The van der Waals surface area contributed by atoms with Crippen LogP contribution >= 0.6 is 15.9 Å². The zero-order chi connectivity index (χ0) is 12.5. The molecular formula is C13H14BrN3O. The van der Waals surface area contributed by atoms with Gasteiger partial charge in [-0.1, -0.05) is 22.0 Å². The van der Waals surface area contributed by atoms with Gasteiger partial charge in [-0.15, -0.1) is 0 Å². The summed E-state index contributed by atoms with van der Waals surface area (Å²) in [7, 11) is 0. The van der Waals surface area contributed by atoms with Crippen LogP contribution in [-0.2, 0) is 0 Å². The first-order chi connectivity index (χ1) is 8.81. The highest BCUT2D eigenvalue weighted by Gasteiger charge is 2.27. The van der Waals surface area contributed by atoms with Gasteiger partial charge in [0.2, 0.25) is 5.43 Å². The maximum absolute atomic E-state index is 12.1. The van der Waals surface area contributed by atoms with E-state index in [0.29, 0.717) is 0 Å². The lowest BCUT2D eigenvalue weighted by Crippen LogP contribution is -2.34. The average Bonchev–Trinajstić information content (AvgIpc) is 2.84. The lowest BCUT2D eigenvalue weighted by atomic mass is 10.2. The van der Waals surface area contributed by atoms with Gasteiger partial charge in [-0.3, -0.25) is 4.79 Å². The zero-order valence-electron chi connectivity index (χ0n) is 9.90. The Bertz CT molecular complexity index is 576. The number of nitrogens with zero attached hydrogens (tertiary/aromatic N) is 2. The van der Waals surface area contributed by atoms with Crippen LogP contribution in [0, 0.1) is 0 Å². The summed E-state index contributed by atoms with van der Waals surface area (Å²) in [5.74, 6) is 0.902. The number of rotatable bonds is 3. The van der Waals surface area contributed by atoms with Crippen LogP contribution in [-0.4, -0.2) is 23.4 Å². The Morgan fingerprint density at radius 3 is 3.17 bits per heavy atom. The van der Waals surface area contributed by atoms with Gasteiger partial charge in [0.15, 0.2) is 0 Å². The van der Waals surface area contributed by atoms with Crippen LogP contribution in [0.2, 0.25) is 0 Å². The zero-order valence-corrected chi connectivity index (χ0v) is 11.5. The molecule has 3 rings (SSSR count). The summed E-state index contributed by atoms with van der Waals surface area (Å²) in [5.41, 5.74) is 1.96. The third-order valence-electron chi connectivity index (χ3n) is 3.18. The Balaban J connectivity index is 2.07. The van der Waals surface area contributed by atoms with Gasteiger partial charge in [0.05, 0.1) is 5.70 Å². The van der Waals surface area contributed by atoms with E-state index in [2.05, 4.69) is 49.1 Å². The summed E-state index contributed by atoms with van der Waals surface area (Å²) in [5, 5.41) is 0.937. The molecule has 0 bridgehead atoms. The molecule has 0 aliphatic carbocycles. The Kier molecular flexibility index (Phi) is 2.99. The minimum absolute atomic E-state index is 0.0699. The largest absolute Gasteiger partial charge is 0.346 e. The quantitative estimate of drug-likeness (QED) is 0.870. The normalized spacial score (nSPS) is 16.6. The Labute approximate surface area is 114 Å². The number of aromatic amines is 1. The number of nitrogens with one attached hydrogen (secondary N) is 1. The van der Waals surface area contributed by atoms with E-state index in [9.17, 15) is 4.79 Å². The number of hydrogen-bond donors (Lipinski definition) is 1. The summed E-state index contributed by atoms with van der Waals surface area (Å²) in [4.78, 5) is 19.5. The first kappa shape index (κ1) is 11.6. The van der Waals surface area contributed by atoms with Crippen molar-refractivity contribution in [1.29, 1.82) is 0 Å². The second-order valence-electron chi connectivity index (χ2n) is 4.34. The lowest BCUT2D eigenvalue weighted by Gasteiger charge is -2.33. The van der Waals surface area contributed by atoms with Gasteiger partial charge in [-0.25, -0.2) is 0 Å². The van der Waals surface area contributed by atoms with Gasteiger partial charge >= 0.3 is 0 Å². The van der Waals surface area contributed by atoms with Crippen LogP contribution in [0.15, 0.2) is 41.1 Å². The standard InChI is InChI=1S/C13H14BrN3O/c14-5-2-7-16-9-10-3-1-8-17(10)13-12(16)11(18)4-6-15-13/h1,3-4,6,9H,2,5,7-8H2,(H,15,18). The smallest absolute Gasteiger partial charge is 0.207 e. The number of pyridine rings is 1. The molecule has 3 heterocycles. The van der Waals surface area contributed by atoms with Crippen molar-refractivity contribution >= 4 is 27.4 Å². The van der Waals surface area contributed by atoms with E-state index in [1.54, 1.807) is 12.3 Å².